The molecule has 1 aromatic rings. The molecular formula is C17H25NO4. The summed E-state index contributed by atoms with van der Waals surface area (Å²) in [7, 11) is 1.56. The van der Waals surface area contributed by atoms with Crippen LogP contribution in [-0.2, 0) is 16.0 Å². The molecule has 0 aliphatic heterocycles. The molecule has 1 N–H and O–H groups in total. The number of aliphatic carboxylic acids is 1. The van der Waals surface area contributed by atoms with E-state index in [1.54, 1.807) is 27.8 Å². The second-order valence-electron chi connectivity index (χ2n) is 6.42. The Bertz CT molecular complexity index is 493. The van der Waals surface area contributed by atoms with E-state index < -0.39 is 23.6 Å². The van der Waals surface area contributed by atoms with Crippen LogP contribution in [0.5, 0.6) is 0 Å². The fraction of sp³-hybridized carbons (Fsp3) is 0.529. The molecule has 0 aliphatic rings. The fourth-order valence-corrected chi connectivity index (χ4v) is 2.02. The van der Waals surface area contributed by atoms with Gasteiger partial charge in [-0.2, -0.15) is 0 Å². The van der Waals surface area contributed by atoms with Gasteiger partial charge in [0.15, 0.2) is 0 Å². The van der Waals surface area contributed by atoms with E-state index >= 15 is 0 Å². The fourth-order valence-electron chi connectivity index (χ4n) is 2.02. The van der Waals surface area contributed by atoms with Crippen LogP contribution in [0.25, 0.3) is 0 Å². The first kappa shape index (κ1) is 18.0. The van der Waals surface area contributed by atoms with Crippen LogP contribution in [0.2, 0.25) is 0 Å². The van der Waals surface area contributed by atoms with Gasteiger partial charge in [-0.25, -0.2) is 4.79 Å². The number of amides is 1. The summed E-state index contributed by atoms with van der Waals surface area (Å²) in [5.41, 5.74) is 0.502. The first-order valence-corrected chi connectivity index (χ1v) is 7.40. The molecule has 0 aliphatic carbocycles. The molecular weight excluding hydrogens is 282 g/mol. The van der Waals surface area contributed by atoms with Gasteiger partial charge in [0.25, 0.3) is 0 Å². The van der Waals surface area contributed by atoms with Gasteiger partial charge in [-0.15, -0.1) is 0 Å². The lowest BCUT2D eigenvalue weighted by atomic mass is 9.99. The second-order valence-corrected chi connectivity index (χ2v) is 6.42. The van der Waals surface area contributed by atoms with Gasteiger partial charge in [-0.3, -0.25) is 4.79 Å². The normalized spacial score (nSPS) is 12.5. The number of carboxylic acids is 1. The van der Waals surface area contributed by atoms with E-state index in [1.807, 2.05) is 30.3 Å². The number of benzene rings is 1. The Morgan fingerprint density at radius 3 is 2.32 bits per heavy atom. The van der Waals surface area contributed by atoms with Crippen molar-refractivity contribution < 1.29 is 19.4 Å². The highest BCUT2D eigenvalue weighted by Gasteiger charge is 2.25. The van der Waals surface area contributed by atoms with E-state index in [1.165, 1.54) is 4.90 Å². The van der Waals surface area contributed by atoms with Crippen LogP contribution in [0.15, 0.2) is 30.3 Å². The maximum atomic E-state index is 11.9. The number of nitrogens with zero attached hydrogens (tertiary/aromatic N) is 1. The number of carboxylic acid groups (broad SMARTS) is 1. The number of rotatable bonds is 6. The van der Waals surface area contributed by atoms with Crippen LogP contribution in [0.1, 0.15) is 32.8 Å². The number of hydrogen-bond acceptors (Lipinski definition) is 3. The molecule has 0 heterocycles. The topological polar surface area (TPSA) is 66.8 Å². The zero-order valence-electron chi connectivity index (χ0n) is 13.7. The summed E-state index contributed by atoms with van der Waals surface area (Å²) in [6.45, 7) is 5.48. The van der Waals surface area contributed by atoms with E-state index in [0.717, 1.165) is 5.56 Å². The highest BCUT2D eigenvalue weighted by atomic mass is 16.6. The zero-order valence-corrected chi connectivity index (χ0v) is 13.7. The third-order valence-corrected chi connectivity index (χ3v) is 3.17. The Balaban J connectivity index is 2.57. The third-order valence-electron chi connectivity index (χ3n) is 3.17. The van der Waals surface area contributed by atoms with Gasteiger partial charge in [0, 0.05) is 13.6 Å². The molecule has 1 amide bonds. The van der Waals surface area contributed by atoms with E-state index in [-0.39, 0.29) is 6.54 Å². The monoisotopic (exact) mass is 307 g/mol. The van der Waals surface area contributed by atoms with Gasteiger partial charge in [0.1, 0.15) is 5.60 Å². The van der Waals surface area contributed by atoms with Crippen molar-refractivity contribution in [3.63, 3.8) is 0 Å². The second kappa shape index (κ2) is 7.82. The molecule has 1 rings (SSSR count). The Hall–Kier alpha value is -2.04. The smallest absolute Gasteiger partial charge is 0.410 e. The molecule has 0 bridgehead atoms. The summed E-state index contributed by atoms with van der Waals surface area (Å²) >= 11 is 0. The van der Waals surface area contributed by atoms with Crippen LogP contribution < -0.4 is 0 Å². The quantitative estimate of drug-likeness (QED) is 0.876. The third kappa shape index (κ3) is 6.61. The largest absolute Gasteiger partial charge is 0.481 e. The molecule has 1 atom stereocenters. The first-order valence-electron chi connectivity index (χ1n) is 7.40. The van der Waals surface area contributed by atoms with Crippen molar-refractivity contribution in [3.8, 4) is 0 Å². The van der Waals surface area contributed by atoms with E-state index in [2.05, 4.69) is 0 Å². The van der Waals surface area contributed by atoms with Gasteiger partial charge in [0.05, 0.1) is 5.92 Å². The minimum absolute atomic E-state index is 0.136. The molecule has 0 unspecified atom stereocenters. The number of carbonyl (C=O) groups is 2. The lowest BCUT2D eigenvalue weighted by Gasteiger charge is -2.26. The Kier molecular flexibility index (Phi) is 6.40. The summed E-state index contributed by atoms with van der Waals surface area (Å²) in [5, 5.41) is 9.34. The lowest BCUT2D eigenvalue weighted by molar-refractivity contribution is -0.142. The predicted molar refractivity (Wildman–Crippen MR) is 84.8 cm³/mol. The molecule has 0 aromatic heterocycles. The van der Waals surface area contributed by atoms with Crippen molar-refractivity contribution >= 4 is 12.1 Å². The summed E-state index contributed by atoms with van der Waals surface area (Å²) in [5.74, 6) is -1.51. The van der Waals surface area contributed by atoms with Gasteiger partial charge in [-0.05, 0) is 39.2 Å². The molecule has 0 saturated heterocycles. The molecule has 0 fully saturated rings. The van der Waals surface area contributed by atoms with Crippen LogP contribution in [0.4, 0.5) is 4.79 Å². The van der Waals surface area contributed by atoms with Crippen molar-refractivity contribution in [3.05, 3.63) is 35.9 Å². The van der Waals surface area contributed by atoms with E-state index in [9.17, 15) is 14.7 Å². The number of ether oxygens (including phenoxy) is 1. The molecule has 0 spiro atoms. The van der Waals surface area contributed by atoms with Crippen LogP contribution in [0.3, 0.4) is 0 Å². The zero-order chi connectivity index (χ0) is 16.8. The van der Waals surface area contributed by atoms with Gasteiger partial charge in [-0.1, -0.05) is 30.3 Å². The molecule has 22 heavy (non-hydrogen) atoms. The highest BCUT2D eigenvalue weighted by Crippen LogP contribution is 2.14. The van der Waals surface area contributed by atoms with Crippen LogP contribution >= 0.6 is 0 Å². The first-order chi connectivity index (χ1) is 10.2. The van der Waals surface area contributed by atoms with Crippen molar-refractivity contribution in [2.45, 2.75) is 39.2 Å². The van der Waals surface area contributed by atoms with E-state index in [4.69, 9.17) is 4.74 Å². The summed E-state index contributed by atoms with van der Waals surface area (Å²) in [4.78, 5) is 24.6. The molecule has 0 radical (unpaired) electrons. The van der Waals surface area contributed by atoms with Gasteiger partial charge < -0.3 is 14.7 Å². The minimum Gasteiger partial charge on any atom is -0.481 e. The average Bonchev–Trinajstić information content (AvgIpc) is 2.42. The molecule has 0 saturated carbocycles. The number of carbonyl (C=O) groups excluding carboxylic acids is 1. The Labute approximate surface area is 131 Å². The molecule has 5 heteroatoms. The summed E-state index contributed by atoms with van der Waals surface area (Å²) in [6, 6.07) is 9.72. The summed E-state index contributed by atoms with van der Waals surface area (Å²) in [6.07, 6.45) is 0.644. The van der Waals surface area contributed by atoms with Crippen molar-refractivity contribution in [2.75, 3.05) is 13.6 Å². The number of aryl methyl sites for hydroxylation is 1. The predicted octanol–water partition coefficient (Wildman–Crippen LogP) is 3.19. The van der Waals surface area contributed by atoms with Crippen LogP contribution in [-0.4, -0.2) is 41.3 Å². The molecule has 122 valence electrons. The van der Waals surface area contributed by atoms with Crippen LogP contribution in [0, 0.1) is 5.92 Å². The highest BCUT2D eigenvalue weighted by molar-refractivity contribution is 5.72. The Morgan fingerprint density at radius 2 is 1.82 bits per heavy atom. The maximum absolute atomic E-state index is 11.9. The van der Waals surface area contributed by atoms with Gasteiger partial charge >= 0.3 is 12.1 Å². The molecule has 5 nitrogen and oxygen atoms in total. The maximum Gasteiger partial charge on any atom is 0.410 e. The van der Waals surface area contributed by atoms with Gasteiger partial charge in [0.2, 0.25) is 0 Å². The van der Waals surface area contributed by atoms with Crippen molar-refractivity contribution in [1.29, 1.82) is 0 Å². The molecule has 1 aromatic carbocycles. The summed E-state index contributed by atoms with van der Waals surface area (Å²) < 4.78 is 5.24. The van der Waals surface area contributed by atoms with E-state index in [0.29, 0.717) is 12.8 Å². The van der Waals surface area contributed by atoms with Crippen molar-refractivity contribution in [2.24, 2.45) is 5.92 Å². The minimum atomic E-state index is -0.897. The Morgan fingerprint density at radius 1 is 1.23 bits per heavy atom. The number of hydrogen-bond donors (Lipinski definition) is 1. The lowest BCUT2D eigenvalue weighted by Crippen LogP contribution is -2.38. The average molecular weight is 307 g/mol. The standard InChI is InChI=1S/C17H25NO4/c1-17(2,3)22-16(21)18(4)12-14(15(19)20)11-10-13-8-6-5-7-9-13/h5-9,14H,10-12H2,1-4H3,(H,19,20)/t14-/m1/s1. The SMILES string of the molecule is CN(C[C@@H](CCc1ccccc1)C(=O)O)C(=O)OC(C)(C)C. The van der Waals surface area contributed by atoms with Crippen molar-refractivity contribution in [1.82, 2.24) is 4.90 Å².